The number of likely N-dealkylation sites (tertiary alicyclic amines) is 1. The van der Waals surface area contributed by atoms with Gasteiger partial charge in [0.2, 0.25) is 0 Å². The molecule has 3 nitrogen and oxygen atoms in total. The fourth-order valence-electron chi connectivity index (χ4n) is 2.14. The highest BCUT2D eigenvalue weighted by Crippen LogP contribution is 2.16. The summed E-state index contributed by atoms with van der Waals surface area (Å²) >= 11 is 0. The largest absolute Gasteiger partial charge is 0.396 e. The summed E-state index contributed by atoms with van der Waals surface area (Å²) in [6, 6.07) is 0. The lowest BCUT2D eigenvalue weighted by atomic mass is 9.97. The molecular formula is C13H26N2O. The van der Waals surface area contributed by atoms with Gasteiger partial charge in [-0.2, -0.15) is 0 Å². The van der Waals surface area contributed by atoms with Crippen molar-refractivity contribution in [2.45, 2.75) is 26.2 Å². The van der Waals surface area contributed by atoms with E-state index < -0.39 is 0 Å². The van der Waals surface area contributed by atoms with E-state index in [2.05, 4.69) is 23.7 Å². The van der Waals surface area contributed by atoms with Crippen molar-refractivity contribution >= 4 is 0 Å². The van der Waals surface area contributed by atoms with Crippen molar-refractivity contribution in [1.82, 2.24) is 10.2 Å². The minimum Gasteiger partial charge on any atom is -0.396 e. The summed E-state index contributed by atoms with van der Waals surface area (Å²) in [5.74, 6) is 0.530. The van der Waals surface area contributed by atoms with E-state index >= 15 is 0 Å². The van der Waals surface area contributed by atoms with Gasteiger partial charge in [0.25, 0.3) is 0 Å². The van der Waals surface area contributed by atoms with Crippen molar-refractivity contribution in [1.29, 1.82) is 0 Å². The molecule has 0 aromatic rings. The summed E-state index contributed by atoms with van der Waals surface area (Å²) in [7, 11) is 0. The molecule has 0 aromatic carbocycles. The van der Waals surface area contributed by atoms with Gasteiger partial charge in [-0.25, -0.2) is 0 Å². The van der Waals surface area contributed by atoms with Crippen LogP contribution in [0.25, 0.3) is 0 Å². The molecule has 2 N–H and O–H groups in total. The molecule has 0 saturated carbocycles. The Labute approximate surface area is 99.5 Å². The molecule has 94 valence electrons. The second-order valence-corrected chi connectivity index (χ2v) is 4.83. The van der Waals surface area contributed by atoms with Gasteiger partial charge in [0.05, 0.1) is 0 Å². The Hall–Kier alpha value is -0.380. The van der Waals surface area contributed by atoms with Gasteiger partial charge >= 0.3 is 0 Å². The maximum absolute atomic E-state index is 9.06. The third kappa shape index (κ3) is 5.10. The number of rotatable bonds is 7. The zero-order valence-electron chi connectivity index (χ0n) is 10.5. The molecule has 1 aliphatic heterocycles. The Morgan fingerprint density at radius 3 is 2.69 bits per heavy atom. The molecule has 1 heterocycles. The van der Waals surface area contributed by atoms with E-state index in [-0.39, 0.29) is 0 Å². The van der Waals surface area contributed by atoms with Crippen LogP contribution >= 0.6 is 0 Å². The fraction of sp³-hybridized carbons (Fsp3) is 0.846. The van der Waals surface area contributed by atoms with Crippen molar-refractivity contribution in [2.75, 3.05) is 39.3 Å². The Balaban J connectivity index is 2.10. The first-order valence-electron chi connectivity index (χ1n) is 6.46. The van der Waals surface area contributed by atoms with E-state index in [9.17, 15) is 0 Å². The summed E-state index contributed by atoms with van der Waals surface area (Å²) in [4.78, 5) is 2.45. The number of hydrogen-bond donors (Lipinski definition) is 2. The molecule has 0 amide bonds. The van der Waals surface area contributed by atoms with Gasteiger partial charge in [0, 0.05) is 19.7 Å². The van der Waals surface area contributed by atoms with Crippen LogP contribution in [0, 0.1) is 5.92 Å². The highest BCUT2D eigenvalue weighted by Gasteiger charge is 2.18. The van der Waals surface area contributed by atoms with Crippen LogP contribution in [-0.4, -0.2) is 49.3 Å². The van der Waals surface area contributed by atoms with Crippen LogP contribution in [0.5, 0.6) is 0 Å². The quantitative estimate of drug-likeness (QED) is 0.506. The van der Waals surface area contributed by atoms with E-state index in [4.69, 9.17) is 5.11 Å². The maximum atomic E-state index is 9.06. The monoisotopic (exact) mass is 226 g/mol. The van der Waals surface area contributed by atoms with Crippen LogP contribution in [-0.2, 0) is 0 Å². The van der Waals surface area contributed by atoms with Crippen LogP contribution in [0.4, 0.5) is 0 Å². The van der Waals surface area contributed by atoms with E-state index in [0.29, 0.717) is 12.5 Å². The minimum atomic E-state index is 0.354. The Morgan fingerprint density at radius 1 is 1.44 bits per heavy atom. The molecule has 0 spiro atoms. The van der Waals surface area contributed by atoms with Crippen molar-refractivity contribution in [2.24, 2.45) is 5.92 Å². The highest BCUT2D eigenvalue weighted by molar-refractivity contribution is 5.00. The molecule has 0 radical (unpaired) electrons. The van der Waals surface area contributed by atoms with Gasteiger partial charge < -0.3 is 10.4 Å². The number of nitrogens with one attached hydrogen (secondary N) is 1. The summed E-state index contributed by atoms with van der Waals surface area (Å²) in [6.45, 7) is 11.9. The van der Waals surface area contributed by atoms with Crippen LogP contribution in [0.15, 0.2) is 12.2 Å². The molecule has 1 saturated heterocycles. The predicted octanol–water partition coefficient (Wildman–Crippen LogP) is 1.25. The number of aliphatic hydroxyl groups excluding tert-OH is 1. The van der Waals surface area contributed by atoms with Gasteiger partial charge in [-0.15, -0.1) is 0 Å². The smallest absolute Gasteiger partial charge is 0.0460 e. The van der Waals surface area contributed by atoms with Crippen molar-refractivity contribution in [3.8, 4) is 0 Å². The van der Waals surface area contributed by atoms with Crippen LogP contribution in [0.3, 0.4) is 0 Å². The average molecular weight is 226 g/mol. The first-order chi connectivity index (χ1) is 7.76. The third-order valence-corrected chi connectivity index (χ3v) is 3.21. The SMILES string of the molecule is C=C(CNCCC)CN1CCC(CO)CC1. The lowest BCUT2D eigenvalue weighted by Crippen LogP contribution is -2.37. The van der Waals surface area contributed by atoms with Crippen molar-refractivity contribution < 1.29 is 5.11 Å². The van der Waals surface area contributed by atoms with Gasteiger partial charge in [-0.3, -0.25) is 4.90 Å². The lowest BCUT2D eigenvalue weighted by molar-refractivity contribution is 0.137. The second-order valence-electron chi connectivity index (χ2n) is 4.83. The zero-order valence-corrected chi connectivity index (χ0v) is 10.5. The number of aliphatic hydroxyl groups is 1. The summed E-state index contributed by atoms with van der Waals surface area (Å²) in [5.41, 5.74) is 1.27. The van der Waals surface area contributed by atoms with E-state index in [1.807, 2.05) is 0 Å². The molecule has 1 aliphatic rings. The predicted molar refractivity (Wildman–Crippen MR) is 68.6 cm³/mol. The van der Waals surface area contributed by atoms with Crippen molar-refractivity contribution in [3.63, 3.8) is 0 Å². The van der Waals surface area contributed by atoms with Crippen LogP contribution < -0.4 is 5.32 Å². The molecular weight excluding hydrogens is 200 g/mol. The normalized spacial score (nSPS) is 18.9. The van der Waals surface area contributed by atoms with Crippen LogP contribution in [0.1, 0.15) is 26.2 Å². The molecule has 0 atom stereocenters. The molecule has 1 rings (SSSR count). The summed E-state index contributed by atoms with van der Waals surface area (Å²) in [5, 5.41) is 12.4. The van der Waals surface area contributed by atoms with Gasteiger partial charge in [-0.1, -0.05) is 13.5 Å². The fourth-order valence-corrected chi connectivity index (χ4v) is 2.14. The molecule has 16 heavy (non-hydrogen) atoms. The zero-order chi connectivity index (χ0) is 11.8. The molecule has 0 aromatic heterocycles. The number of nitrogens with zero attached hydrogens (tertiary/aromatic N) is 1. The summed E-state index contributed by atoms with van der Waals surface area (Å²) < 4.78 is 0. The second kappa shape index (κ2) is 7.82. The first-order valence-corrected chi connectivity index (χ1v) is 6.46. The van der Waals surface area contributed by atoms with Gasteiger partial charge in [0.1, 0.15) is 0 Å². The van der Waals surface area contributed by atoms with Gasteiger partial charge in [-0.05, 0) is 50.4 Å². The van der Waals surface area contributed by atoms with E-state index in [1.165, 1.54) is 12.0 Å². The van der Waals surface area contributed by atoms with E-state index in [0.717, 1.165) is 45.6 Å². The van der Waals surface area contributed by atoms with Gasteiger partial charge in [0.15, 0.2) is 0 Å². The number of hydrogen-bond acceptors (Lipinski definition) is 3. The standard InChI is InChI=1S/C13H26N2O/c1-3-6-14-9-12(2)10-15-7-4-13(11-16)5-8-15/h13-14,16H,2-11H2,1H3. The molecule has 0 aliphatic carbocycles. The maximum Gasteiger partial charge on any atom is 0.0460 e. The van der Waals surface area contributed by atoms with Crippen molar-refractivity contribution in [3.05, 3.63) is 12.2 Å². The molecule has 1 fully saturated rings. The summed E-state index contributed by atoms with van der Waals surface area (Å²) in [6.07, 6.45) is 3.44. The first kappa shape index (κ1) is 13.7. The lowest BCUT2D eigenvalue weighted by Gasteiger charge is -2.31. The molecule has 0 unspecified atom stereocenters. The Kier molecular flexibility index (Phi) is 6.69. The molecule has 3 heteroatoms. The third-order valence-electron chi connectivity index (χ3n) is 3.21. The number of piperidine rings is 1. The minimum absolute atomic E-state index is 0.354. The average Bonchev–Trinajstić information content (AvgIpc) is 2.30. The molecule has 0 bridgehead atoms. The highest BCUT2D eigenvalue weighted by atomic mass is 16.3. The topological polar surface area (TPSA) is 35.5 Å². The Morgan fingerprint density at radius 2 is 2.12 bits per heavy atom. The van der Waals surface area contributed by atoms with Crippen LogP contribution in [0.2, 0.25) is 0 Å². The Bertz CT molecular complexity index is 198. The van der Waals surface area contributed by atoms with E-state index in [1.54, 1.807) is 0 Å².